The van der Waals surface area contributed by atoms with Gasteiger partial charge in [-0.3, -0.25) is 0 Å². The van der Waals surface area contributed by atoms with Gasteiger partial charge in [-0.05, 0) is 25.0 Å². The number of hydrogen-bond acceptors (Lipinski definition) is 6. The van der Waals surface area contributed by atoms with E-state index in [1.54, 1.807) is 6.20 Å². The Morgan fingerprint density at radius 2 is 2.20 bits per heavy atom. The molecule has 0 unspecified atom stereocenters. The molecular weight excluding hydrogens is 400 g/mol. The molecule has 3 aromatic heterocycles. The van der Waals surface area contributed by atoms with Gasteiger partial charge >= 0.3 is 6.09 Å². The fourth-order valence-corrected chi connectivity index (χ4v) is 5.01. The number of piperidine rings is 1. The number of thiophene rings is 1. The van der Waals surface area contributed by atoms with E-state index < -0.39 is 6.09 Å². The van der Waals surface area contributed by atoms with Gasteiger partial charge in [-0.25, -0.2) is 14.5 Å². The molecule has 1 atom stereocenters. The lowest BCUT2D eigenvalue weighted by Gasteiger charge is -2.31. The van der Waals surface area contributed by atoms with Crippen molar-refractivity contribution in [3.05, 3.63) is 48.3 Å². The Morgan fingerprint density at radius 3 is 3.03 bits per heavy atom. The Labute approximate surface area is 176 Å². The lowest BCUT2D eigenvalue weighted by molar-refractivity contribution is 0.133. The fraction of sp³-hybridized carbons (Fsp3) is 0.238. The van der Waals surface area contributed by atoms with Gasteiger partial charge in [0.1, 0.15) is 16.9 Å². The summed E-state index contributed by atoms with van der Waals surface area (Å²) < 4.78 is 2.72. The second kappa shape index (κ2) is 7.31. The van der Waals surface area contributed by atoms with Crippen molar-refractivity contribution in [3.8, 4) is 11.1 Å². The minimum Gasteiger partial charge on any atom is -0.465 e. The van der Waals surface area contributed by atoms with Crippen LogP contribution in [0.15, 0.2) is 42.7 Å². The molecule has 8 nitrogen and oxygen atoms in total. The largest absolute Gasteiger partial charge is 0.465 e. The molecule has 30 heavy (non-hydrogen) atoms. The van der Waals surface area contributed by atoms with Crippen molar-refractivity contribution in [1.82, 2.24) is 19.7 Å². The number of rotatable bonds is 3. The molecule has 1 aromatic carbocycles. The SMILES string of the molecule is N#Cc1cnc(N[C@H]2CCCN(C(=O)O)C2)c2cc(-n3ncc4ccccc43)sc12. The molecule has 4 heterocycles. The first-order valence-corrected chi connectivity index (χ1v) is 10.5. The summed E-state index contributed by atoms with van der Waals surface area (Å²) >= 11 is 1.50. The molecule has 150 valence electrons. The van der Waals surface area contributed by atoms with E-state index in [1.165, 1.54) is 16.2 Å². The minimum atomic E-state index is -0.900. The monoisotopic (exact) mass is 418 g/mol. The summed E-state index contributed by atoms with van der Waals surface area (Å²) in [6.45, 7) is 0.970. The number of amides is 1. The second-order valence-electron chi connectivity index (χ2n) is 7.29. The predicted molar refractivity (Wildman–Crippen MR) is 115 cm³/mol. The molecule has 1 saturated heterocycles. The van der Waals surface area contributed by atoms with E-state index in [2.05, 4.69) is 21.5 Å². The first kappa shape index (κ1) is 18.4. The van der Waals surface area contributed by atoms with Crippen molar-refractivity contribution in [2.24, 2.45) is 0 Å². The molecule has 1 aliphatic heterocycles. The maximum absolute atomic E-state index is 11.3. The Balaban J connectivity index is 1.55. The zero-order valence-electron chi connectivity index (χ0n) is 15.9. The number of pyridine rings is 1. The van der Waals surface area contributed by atoms with Crippen molar-refractivity contribution in [2.45, 2.75) is 18.9 Å². The zero-order chi connectivity index (χ0) is 20.7. The molecule has 5 rings (SSSR count). The molecule has 1 aliphatic rings. The number of likely N-dealkylation sites (tertiary alicyclic amines) is 1. The van der Waals surface area contributed by atoms with Crippen molar-refractivity contribution >= 4 is 44.2 Å². The topological polar surface area (TPSA) is 107 Å². The highest BCUT2D eigenvalue weighted by molar-refractivity contribution is 7.21. The van der Waals surface area contributed by atoms with E-state index in [9.17, 15) is 15.2 Å². The summed E-state index contributed by atoms with van der Waals surface area (Å²) in [6, 6.07) is 12.2. The van der Waals surface area contributed by atoms with Gasteiger partial charge in [0.25, 0.3) is 0 Å². The highest BCUT2D eigenvalue weighted by Crippen LogP contribution is 2.36. The molecule has 0 spiro atoms. The lowest BCUT2D eigenvalue weighted by Crippen LogP contribution is -2.44. The highest BCUT2D eigenvalue weighted by Gasteiger charge is 2.24. The van der Waals surface area contributed by atoms with Crippen molar-refractivity contribution in [1.29, 1.82) is 5.26 Å². The van der Waals surface area contributed by atoms with E-state index in [-0.39, 0.29) is 6.04 Å². The van der Waals surface area contributed by atoms with Gasteiger partial charge in [0.15, 0.2) is 0 Å². The molecule has 0 aliphatic carbocycles. The minimum absolute atomic E-state index is 0.0210. The number of benzene rings is 1. The van der Waals surface area contributed by atoms with E-state index in [4.69, 9.17) is 0 Å². The second-order valence-corrected chi connectivity index (χ2v) is 8.32. The summed E-state index contributed by atoms with van der Waals surface area (Å²) in [7, 11) is 0. The van der Waals surface area contributed by atoms with Crippen LogP contribution in [0.1, 0.15) is 18.4 Å². The fourth-order valence-electron chi connectivity index (χ4n) is 3.92. The van der Waals surface area contributed by atoms with Crippen LogP contribution < -0.4 is 5.32 Å². The third kappa shape index (κ3) is 3.11. The number of carboxylic acid groups (broad SMARTS) is 1. The van der Waals surface area contributed by atoms with Crippen molar-refractivity contribution < 1.29 is 9.90 Å². The molecule has 1 fully saturated rings. The third-order valence-electron chi connectivity index (χ3n) is 5.38. The maximum Gasteiger partial charge on any atom is 0.407 e. The molecule has 2 N–H and O–H groups in total. The number of para-hydroxylation sites is 1. The smallest absolute Gasteiger partial charge is 0.407 e. The van der Waals surface area contributed by atoms with Crippen LogP contribution in [-0.2, 0) is 0 Å². The van der Waals surface area contributed by atoms with Crippen LogP contribution in [0.25, 0.3) is 26.0 Å². The van der Waals surface area contributed by atoms with Crippen molar-refractivity contribution in [3.63, 3.8) is 0 Å². The molecular formula is C21H18N6O2S. The summed E-state index contributed by atoms with van der Waals surface area (Å²) in [4.78, 5) is 17.2. The Kier molecular flexibility index (Phi) is 4.48. The number of aromatic nitrogens is 3. The summed E-state index contributed by atoms with van der Waals surface area (Å²) in [5.74, 6) is 0.667. The van der Waals surface area contributed by atoms with E-state index in [1.807, 2.05) is 41.2 Å². The van der Waals surface area contributed by atoms with Crippen LogP contribution in [-0.4, -0.2) is 50.0 Å². The number of nitrogens with zero attached hydrogens (tertiary/aromatic N) is 5. The highest BCUT2D eigenvalue weighted by atomic mass is 32.1. The standard InChI is InChI=1S/C21H18N6O2S/c22-9-14-10-23-20(25-15-5-3-7-26(12-15)21(28)29)16-8-18(30-19(14)16)27-17-6-2-1-4-13(17)11-24-27/h1-2,4,6,8,10-11,15H,3,5,7,12H2,(H,23,25)(H,28,29)/t15-/m0/s1. The number of anilines is 1. The van der Waals surface area contributed by atoms with Crippen LogP contribution in [0.5, 0.6) is 0 Å². The zero-order valence-corrected chi connectivity index (χ0v) is 16.8. The number of carbonyl (C=O) groups is 1. The molecule has 0 bridgehead atoms. The average molecular weight is 418 g/mol. The number of nitrogens with one attached hydrogen (secondary N) is 1. The summed E-state index contributed by atoms with van der Waals surface area (Å²) in [5.41, 5.74) is 1.51. The number of fused-ring (bicyclic) bond motifs is 2. The molecule has 0 saturated carbocycles. The summed E-state index contributed by atoms with van der Waals surface area (Å²) in [5, 5.41) is 29.6. The van der Waals surface area contributed by atoms with Crippen molar-refractivity contribution in [2.75, 3.05) is 18.4 Å². The molecule has 0 radical (unpaired) electrons. The van der Waals surface area contributed by atoms with E-state index >= 15 is 0 Å². The van der Waals surface area contributed by atoms with Gasteiger partial charge in [0, 0.05) is 36.1 Å². The van der Waals surface area contributed by atoms with Crippen LogP contribution in [0.3, 0.4) is 0 Å². The van der Waals surface area contributed by atoms with Gasteiger partial charge in [0.2, 0.25) is 0 Å². The Hall–Kier alpha value is -3.64. The van der Waals surface area contributed by atoms with E-state index in [0.717, 1.165) is 38.8 Å². The first-order valence-electron chi connectivity index (χ1n) is 9.64. The van der Waals surface area contributed by atoms with Gasteiger partial charge < -0.3 is 15.3 Å². The first-order chi connectivity index (χ1) is 14.6. The normalized spacial score (nSPS) is 16.6. The quantitative estimate of drug-likeness (QED) is 0.520. The Bertz CT molecular complexity index is 1300. The lowest BCUT2D eigenvalue weighted by atomic mass is 10.1. The molecule has 1 amide bonds. The predicted octanol–water partition coefficient (Wildman–Crippen LogP) is 4.06. The maximum atomic E-state index is 11.3. The van der Waals surface area contributed by atoms with Crippen LogP contribution in [0, 0.1) is 11.3 Å². The van der Waals surface area contributed by atoms with Gasteiger partial charge in [-0.1, -0.05) is 18.2 Å². The third-order valence-corrected chi connectivity index (χ3v) is 6.52. The van der Waals surface area contributed by atoms with Gasteiger partial charge in [-0.2, -0.15) is 10.4 Å². The molecule has 9 heteroatoms. The summed E-state index contributed by atoms with van der Waals surface area (Å²) in [6.07, 6.45) is 4.17. The number of nitriles is 1. The average Bonchev–Trinajstić information content (AvgIpc) is 3.39. The number of hydrogen-bond donors (Lipinski definition) is 2. The van der Waals surface area contributed by atoms with Crippen LogP contribution in [0.4, 0.5) is 10.6 Å². The van der Waals surface area contributed by atoms with Gasteiger partial charge in [-0.15, -0.1) is 11.3 Å². The van der Waals surface area contributed by atoms with Gasteiger partial charge in [0.05, 0.1) is 22.0 Å². The van der Waals surface area contributed by atoms with Crippen LogP contribution >= 0.6 is 11.3 Å². The Morgan fingerprint density at radius 1 is 1.33 bits per heavy atom. The molecule has 4 aromatic rings. The van der Waals surface area contributed by atoms with E-state index in [0.29, 0.717) is 24.5 Å². The van der Waals surface area contributed by atoms with Crippen LogP contribution in [0.2, 0.25) is 0 Å².